The maximum absolute atomic E-state index is 13.4. The summed E-state index contributed by atoms with van der Waals surface area (Å²) in [5.41, 5.74) is -1.33. The molecule has 0 radical (unpaired) electrons. The molecule has 5 heterocycles. The number of ether oxygens (including phenoxy) is 10. The number of fused-ring (bicyclic) bond motifs is 1. The first-order valence-electron chi connectivity index (χ1n) is 18.6. The van der Waals surface area contributed by atoms with E-state index in [2.05, 4.69) is 0 Å². The lowest BCUT2D eigenvalue weighted by Gasteiger charge is -2.44. The van der Waals surface area contributed by atoms with Crippen LogP contribution in [0.15, 0.2) is 12.2 Å². The van der Waals surface area contributed by atoms with E-state index in [1.807, 2.05) is 20.8 Å². The first kappa shape index (κ1) is 41.0. The largest absolute Gasteiger partial charge is 0.509 e. The number of methoxy groups -OCH3 is 2. The van der Waals surface area contributed by atoms with E-state index < -0.39 is 91.2 Å². The third-order valence-corrected chi connectivity index (χ3v) is 11.5. The third-order valence-electron chi connectivity index (χ3n) is 11.5. The van der Waals surface area contributed by atoms with Gasteiger partial charge in [-0.2, -0.15) is 0 Å². The highest BCUT2D eigenvalue weighted by atomic mass is 16.8. The fourth-order valence-electron chi connectivity index (χ4n) is 8.32. The zero-order valence-electron chi connectivity index (χ0n) is 31.7. The van der Waals surface area contributed by atoms with Crippen molar-refractivity contribution < 1.29 is 72.0 Å². The molecule has 5 aliphatic heterocycles. The molecule has 0 aromatic carbocycles. The van der Waals surface area contributed by atoms with Gasteiger partial charge in [-0.05, 0) is 46.5 Å². The highest BCUT2D eigenvalue weighted by Gasteiger charge is 2.61. The normalized spacial score (nSPS) is 48.4. The maximum Gasteiger partial charge on any atom is 0.509 e. The fraction of sp³-hybridized carbons (Fsp3) is 0.865. The number of carbonyl (C=O) groups is 3. The van der Waals surface area contributed by atoms with Gasteiger partial charge in [-0.25, -0.2) is 9.59 Å². The van der Waals surface area contributed by atoms with E-state index in [0.717, 1.165) is 0 Å². The Balaban J connectivity index is 1.32. The quantitative estimate of drug-likeness (QED) is 0.286. The van der Waals surface area contributed by atoms with Crippen molar-refractivity contribution in [1.29, 1.82) is 0 Å². The van der Waals surface area contributed by atoms with Crippen LogP contribution in [-0.4, -0.2) is 134 Å². The molecular formula is C37H58O15. The molecule has 2 N–H and O–H groups in total. The van der Waals surface area contributed by atoms with Gasteiger partial charge in [0.1, 0.15) is 42.4 Å². The standard InChI is InChI=1S/C37H58O15/c1-17-10-13-27(39)47-21(5)24(16-45-35-33(41)37(15-20(4)46-35)23(7)49-36(42)52-37)30-26(50-30)12-11-25(38)18(2)14-19(3)29(17)51-34-32(44-9)31(43-8)28(40)22(6)48-34/h10,13,17-24,26,28-35,40-41H,11-12,14-16H2,1-9H3/b13-10+/t17-,18-,19-,20-,21-,22-,23-,24-,26-,28+,29+,30+,31+,32-,33+,34-,35+,37-/m0/s1. The molecule has 18 atom stereocenters. The molecule has 0 aliphatic carbocycles. The number of cyclic esters (lactones) is 2. The van der Waals surface area contributed by atoms with Crippen molar-refractivity contribution in [3.63, 3.8) is 0 Å². The Morgan fingerprint density at radius 3 is 2.23 bits per heavy atom. The van der Waals surface area contributed by atoms with Crippen LogP contribution in [0, 0.1) is 23.7 Å². The van der Waals surface area contributed by atoms with Crippen LogP contribution in [-0.2, 0) is 57.0 Å². The molecule has 296 valence electrons. The van der Waals surface area contributed by atoms with Crippen LogP contribution in [0.25, 0.3) is 0 Å². The molecule has 0 amide bonds. The van der Waals surface area contributed by atoms with Crippen LogP contribution >= 0.6 is 0 Å². The number of aliphatic hydroxyl groups is 2. The van der Waals surface area contributed by atoms with Crippen LogP contribution in [0.2, 0.25) is 0 Å². The van der Waals surface area contributed by atoms with Crippen molar-refractivity contribution in [3.8, 4) is 0 Å². The lowest BCUT2D eigenvalue weighted by molar-refractivity contribution is -0.318. The van der Waals surface area contributed by atoms with Crippen molar-refractivity contribution in [3.05, 3.63) is 12.2 Å². The van der Waals surface area contributed by atoms with Crippen molar-refractivity contribution in [2.24, 2.45) is 23.7 Å². The van der Waals surface area contributed by atoms with Gasteiger partial charge >= 0.3 is 12.1 Å². The zero-order valence-corrected chi connectivity index (χ0v) is 31.7. The summed E-state index contributed by atoms with van der Waals surface area (Å²) in [7, 11) is 2.99. The molecule has 5 aliphatic rings. The first-order chi connectivity index (χ1) is 24.6. The second kappa shape index (κ2) is 17.1. The predicted molar refractivity (Wildman–Crippen MR) is 181 cm³/mol. The minimum Gasteiger partial charge on any atom is -0.459 e. The first-order valence-corrected chi connectivity index (χ1v) is 18.6. The Bertz CT molecular complexity index is 1280. The Morgan fingerprint density at radius 1 is 0.865 bits per heavy atom. The number of hydrogen-bond donors (Lipinski definition) is 2. The monoisotopic (exact) mass is 742 g/mol. The maximum atomic E-state index is 13.4. The molecule has 15 nitrogen and oxygen atoms in total. The summed E-state index contributed by atoms with van der Waals surface area (Å²) in [6, 6.07) is 0. The number of epoxide rings is 1. The number of hydrogen-bond acceptors (Lipinski definition) is 15. The molecule has 0 saturated carbocycles. The van der Waals surface area contributed by atoms with Crippen LogP contribution < -0.4 is 0 Å². The van der Waals surface area contributed by atoms with Gasteiger partial charge in [-0.1, -0.05) is 26.8 Å². The molecule has 0 bridgehead atoms. The van der Waals surface area contributed by atoms with E-state index >= 15 is 0 Å². The molecular weight excluding hydrogens is 684 g/mol. The van der Waals surface area contributed by atoms with Gasteiger partial charge in [0, 0.05) is 50.9 Å². The summed E-state index contributed by atoms with van der Waals surface area (Å²) < 4.78 is 58.6. The number of esters is 1. The minimum absolute atomic E-state index is 0.0150. The SMILES string of the molecule is CO[C@@H]1[C@H](O[C@@H]2[C@@H](C)/C=C/C(=O)O[C@@H](C)[C@H](CO[C@@H]3O[C@@H](C)C[C@@]4(OC(=O)O[C@H]4C)[C@@H]3O)[C@H]3O[C@H]3CCC(=O)[C@@H](C)C[C@@H]2C)O[C@@H](C)[C@@H](O)[C@H]1OC. The molecule has 0 unspecified atom stereocenters. The summed E-state index contributed by atoms with van der Waals surface area (Å²) in [6.07, 6.45) is -5.51. The lowest BCUT2D eigenvalue weighted by Crippen LogP contribution is -2.61. The lowest BCUT2D eigenvalue weighted by atomic mass is 9.83. The summed E-state index contributed by atoms with van der Waals surface area (Å²) in [5.74, 6) is -1.70. The molecule has 5 rings (SSSR count). The van der Waals surface area contributed by atoms with Crippen LogP contribution in [0.1, 0.15) is 74.1 Å². The number of aliphatic hydroxyl groups excluding tert-OH is 2. The van der Waals surface area contributed by atoms with Gasteiger partial charge in [-0.3, -0.25) is 4.79 Å². The number of Topliss-reactive ketones (excluding diaryl/α,β-unsaturated/α-hetero) is 1. The minimum atomic E-state index is -1.34. The molecule has 15 heteroatoms. The Labute approximate surface area is 305 Å². The van der Waals surface area contributed by atoms with Crippen LogP contribution in [0.3, 0.4) is 0 Å². The molecule has 0 aromatic rings. The highest BCUT2D eigenvalue weighted by molar-refractivity contribution is 5.82. The Morgan fingerprint density at radius 2 is 1.58 bits per heavy atom. The van der Waals surface area contributed by atoms with E-state index in [-0.39, 0.29) is 48.8 Å². The van der Waals surface area contributed by atoms with E-state index in [1.165, 1.54) is 20.3 Å². The average Bonchev–Trinajstić information content (AvgIpc) is 3.79. The van der Waals surface area contributed by atoms with Gasteiger partial charge in [0.05, 0.1) is 37.1 Å². The molecule has 4 saturated heterocycles. The predicted octanol–water partition coefficient (Wildman–Crippen LogP) is 2.85. The molecule has 4 fully saturated rings. The van der Waals surface area contributed by atoms with Crippen LogP contribution in [0.4, 0.5) is 4.79 Å². The third kappa shape index (κ3) is 8.84. The van der Waals surface area contributed by atoms with Gasteiger partial charge < -0.3 is 57.6 Å². The summed E-state index contributed by atoms with van der Waals surface area (Å²) >= 11 is 0. The smallest absolute Gasteiger partial charge is 0.459 e. The van der Waals surface area contributed by atoms with Gasteiger partial charge in [0.2, 0.25) is 0 Å². The van der Waals surface area contributed by atoms with E-state index in [1.54, 1.807) is 33.8 Å². The summed E-state index contributed by atoms with van der Waals surface area (Å²) in [6.45, 7) is 12.7. The van der Waals surface area contributed by atoms with Crippen molar-refractivity contribution in [1.82, 2.24) is 0 Å². The second-order valence-corrected chi connectivity index (χ2v) is 15.3. The summed E-state index contributed by atoms with van der Waals surface area (Å²) in [4.78, 5) is 38.7. The van der Waals surface area contributed by atoms with Crippen molar-refractivity contribution >= 4 is 17.9 Å². The molecule has 0 aromatic heterocycles. The van der Waals surface area contributed by atoms with Gasteiger partial charge in [-0.15, -0.1) is 0 Å². The van der Waals surface area contributed by atoms with Gasteiger partial charge in [0.25, 0.3) is 0 Å². The number of ketones is 1. The van der Waals surface area contributed by atoms with Crippen molar-refractivity contribution in [2.45, 2.75) is 159 Å². The second-order valence-electron chi connectivity index (χ2n) is 15.3. The highest BCUT2D eigenvalue weighted by Crippen LogP contribution is 2.42. The number of rotatable bonds is 7. The van der Waals surface area contributed by atoms with Crippen LogP contribution in [0.5, 0.6) is 0 Å². The van der Waals surface area contributed by atoms with E-state index in [4.69, 9.17) is 47.4 Å². The van der Waals surface area contributed by atoms with Crippen molar-refractivity contribution in [2.75, 3.05) is 20.8 Å². The molecule has 1 spiro atoms. The Hall–Kier alpha value is -2.21. The average molecular weight is 743 g/mol. The van der Waals surface area contributed by atoms with E-state index in [0.29, 0.717) is 19.3 Å². The topological polar surface area (TPSA) is 187 Å². The van der Waals surface area contributed by atoms with Gasteiger partial charge in [0.15, 0.2) is 18.2 Å². The molecule has 52 heavy (non-hydrogen) atoms. The summed E-state index contributed by atoms with van der Waals surface area (Å²) in [5, 5.41) is 22.0. The Kier molecular flexibility index (Phi) is 13.4. The number of carbonyl (C=O) groups excluding carboxylic acids is 3. The fourth-order valence-corrected chi connectivity index (χ4v) is 8.32. The zero-order chi connectivity index (χ0) is 38.1. The van der Waals surface area contributed by atoms with E-state index in [9.17, 15) is 24.6 Å².